The van der Waals surface area contributed by atoms with Crippen molar-refractivity contribution in [3.8, 4) is 17.1 Å². The number of hydrogen-bond acceptors (Lipinski definition) is 5. The third kappa shape index (κ3) is 3.61. The second-order valence-electron chi connectivity index (χ2n) is 5.97. The Morgan fingerprint density at radius 3 is 2.76 bits per heavy atom. The summed E-state index contributed by atoms with van der Waals surface area (Å²) in [7, 11) is 0. The standard InChI is InChI=1S/C19H17ClN4O/c20-18-11-22-17(10-23-18)15-9-19(24-16-7-2-1-6-14(15)16)25-12-13-5-3-4-8-21-13/h3-5,8-11H,1-2,6-7,12H2. The van der Waals surface area contributed by atoms with Crippen molar-refractivity contribution in [2.75, 3.05) is 0 Å². The molecule has 0 N–H and O–H groups in total. The Balaban J connectivity index is 1.68. The Hall–Kier alpha value is -2.53. The van der Waals surface area contributed by atoms with E-state index in [4.69, 9.17) is 21.3 Å². The lowest BCUT2D eigenvalue weighted by Gasteiger charge is -2.19. The number of nitrogens with zero attached hydrogens (tertiary/aromatic N) is 4. The number of rotatable bonds is 4. The van der Waals surface area contributed by atoms with Gasteiger partial charge in [0, 0.05) is 23.5 Å². The van der Waals surface area contributed by atoms with Crippen LogP contribution in [0.1, 0.15) is 29.8 Å². The van der Waals surface area contributed by atoms with E-state index in [1.807, 2.05) is 24.3 Å². The van der Waals surface area contributed by atoms with E-state index >= 15 is 0 Å². The number of aryl methyl sites for hydroxylation is 1. The number of halogens is 1. The van der Waals surface area contributed by atoms with Gasteiger partial charge < -0.3 is 4.74 Å². The average Bonchev–Trinajstić information content (AvgIpc) is 2.67. The molecule has 3 aromatic rings. The van der Waals surface area contributed by atoms with Gasteiger partial charge in [0.25, 0.3) is 0 Å². The molecule has 25 heavy (non-hydrogen) atoms. The SMILES string of the molecule is Clc1cnc(-c2cc(OCc3ccccn3)nc3c2CCCC3)cn1. The minimum Gasteiger partial charge on any atom is -0.471 e. The van der Waals surface area contributed by atoms with E-state index in [-0.39, 0.29) is 0 Å². The maximum absolute atomic E-state index is 5.90. The van der Waals surface area contributed by atoms with Crippen molar-refractivity contribution in [2.24, 2.45) is 0 Å². The summed E-state index contributed by atoms with van der Waals surface area (Å²) in [5, 5.41) is 0.387. The smallest absolute Gasteiger partial charge is 0.214 e. The van der Waals surface area contributed by atoms with Crippen LogP contribution in [0, 0.1) is 0 Å². The van der Waals surface area contributed by atoms with Crippen molar-refractivity contribution in [2.45, 2.75) is 32.3 Å². The predicted octanol–water partition coefficient (Wildman–Crippen LogP) is 4.04. The molecule has 0 aromatic carbocycles. The van der Waals surface area contributed by atoms with E-state index in [1.54, 1.807) is 18.6 Å². The molecule has 0 amide bonds. The van der Waals surface area contributed by atoms with Crippen LogP contribution in [-0.2, 0) is 19.4 Å². The van der Waals surface area contributed by atoms with Gasteiger partial charge in [-0.3, -0.25) is 9.97 Å². The van der Waals surface area contributed by atoms with Crippen LogP contribution in [0.15, 0.2) is 42.9 Å². The van der Waals surface area contributed by atoms with Crippen LogP contribution in [0.25, 0.3) is 11.3 Å². The first-order valence-corrected chi connectivity index (χ1v) is 8.71. The van der Waals surface area contributed by atoms with E-state index in [0.29, 0.717) is 17.6 Å². The van der Waals surface area contributed by atoms with Crippen molar-refractivity contribution >= 4 is 11.6 Å². The van der Waals surface area contributed by atoms with Gasteiger partial charge in [0.05, 0.1) is 23.8 Å². The highest BCUT2D eigenvalue weighted by atomic mass is 35.5. The molecule has 0 spiro atoms. The van der Waals surface area contributed by atoms with E-state index in [9.17, 15) is 0 Å². The van der Waals surface area contributed by atoms with Crippen LogP contribution in [-0.4, -0.2) is 19.9 Å². The highest BCUT2D eigenvalue weighted by Gasteiger charge is 2.19. The molecule has 1 aliphatic rings. The molecular formula is C19H17ClN4O. The molecule has 0 atom stereocenters. The average molecular weight is 353 g/mol. The molecule has 5 nitrogen and oxygen atoms in total. The Morgan fingerprint density at radius 1 is 1.04 bits per heavy atom. The third-order valence-electron chi connectivity index (χ3n) is 4.27. The molecule has 6 heteroatoms. The first kappa shape index (κ1) is 16.0. The molecule has 0 saturated heterocycles. The molecule has 0 aliphatic heterocycles. The van der Waals surface area contributed by atoms with Crippen molar-refractivity contribution in [1.82, 2.24) is 19.9 Å². The molecule has 0 bridgehead atoms. The van der Waals surface area contributed by atoms with Gasteiger partial charge in [-0.05, 0) is 43.4 Å². The van der Waals surface area contributed by atoms with Gasteiger partial charge in [0.2, 0.25) is 5.88 Å². The molecule has 0 saturated carbocycles. The fourth-order valence-electron chi connectivity index (χ4n) is 3.06. The van der Waals surface area contributed by atoms with Crippen molar-refractivity contribution in [3.05, 3.63) is 65.0 Å². The predicted molar refractivity (Wildman–Crippen MR) is 95.5 cm³/mol. The second kappa shape index (κ2) is 7.15. The molecule has 126 valence electrons. The van der Waals surface area contributed by atoms with Crippen molar-refractivity contribution in [3.63, 3.8) is 0 Å². The molecule has 0 radical (unpaired) electrons. The highest BCUT2D eigenvalue weighted by Crippen LogP contribution is 2.32. The summed E-state index contributed by atoms with van der Waals surface area (Å²) in [6, 6.07) is 7.72. The van der Waals surface area contributed by atoms with Crippen LogP contribution in [0.5, 0.6) is 5.88 Å². The van der Waals surface area contributed by atoms with Gasteiger partial charge in [-0.1, -0.05) is 17.7 Å². The van der Waals surface area contributed by atoms with Crippen LogP contribution >= 0.6 is 11.6 Å². The molecular weight excluding hydrogens is 336 g/mol. The van der Waals surface area contributed by atoms with Gasteiger partial charge >= 0.3 is 0 Å². The largest absolute Gasteiger partial charge is 0.471 e. The normalized spacial score (nSPS) is 13.3. The summed E-state index contributed by atoms with van der Waals surface area (Å²) >= 11 is 5.87. The maximum Gasteiger partial charge on any atom is 0.214 e. The highest BCUT2D eigenvalue weighted by molar-refractivity contribution is 6.29. The van der Waals surface area contributed by atoms with Crippen LogP contribution in [0.2, 0.25) is 5.15 Å². The summed E-state index contributed by atoms with van der Waals surface area (Å²) in [6.45, 7) is 0.387. The fraction of sp³-hybridized carbons (Fsp3) is 0.263. The summed E-state index contributed by atoms with van der Waals surface area (Å²) < 4.78 is 5.90. The molecule has 0 fully saturated rings. The van der Waals surface area contributed by atoms with Crippen molar-refractivity contribution in [1.29, 1.82) is 0 Å². The number of pyridine rings is 2. The van der Waals surface area contributed by atoms with Crippen LogP contribution < -0.4 is 4.74 Å². The molecule has 3 aromatic heterocycles. The lowest BCUT2D eigenvalue weighted by Crippen LogP contribution is -2.10. The van der Waals surface area contributed by atoms with E-state index in [0.717, 1.165) is 48.3 Å². The Labute approximate surface area is 151 Å². The second-order valence-corrected chi connectivity index (χ2v) is 6.36. The molecule has 3 heterocycles. The summed E-state index contributed by atoms with van der Waals surface area (Å²) in [6.07, 6.45) is 9.31. The number of ether oxygens (including phenoxy) is 1. The Morgan fingerprint density at radius 2 is 1.96 bits per heavy atom. The van der Waals surface area contributed by atoms with Crippen molar-refractivity contribution < 1.29 is 4.74 Å². The monoisotopic (exact) mass is 352 g/mol. The summed E-state index contributed by atoms with van der Waals surface area (Å²) in [5.74, 6) is 0.595. The first-order valence-electron chi connectivity index (χ1n) is 8.33. The zero-order valence-corrected chi connectivity index (χ0v) is 14.4. The number of fused-ring (bicyclic) bond motifs is 1. The third-order valence-corrected chi connectivity index (χ3v) is 4.46. The zero-order chi connectivity index (χ0) is 17.1. The Kier molecular flexibility index (Phi) is 4.57. The van der Waals surface area contributed by atoms with Gasteiger partial charge in [-0.25, -0.2) is 9.97 Å². The summed E-state index contributed by atoms with van der Waals surface area (Å²) in [5.41, 5.74) is 5.04. The fourth-order valence-corrected chi connectivity index (χ4v) is 3.16. The van der Waals surface area contributed by atoms with Crippen LogP contribution in [0.4, 0.5) is 0 Å². The minimum atomic E-state index is 0.387. The van der Waals surface area contributed by atoms with Gasteiger partial charge in [0.15, 0.2) is 0 Å². The number of hydrogen-bond donors (Lipinski definition) is 0. The topological polar surface area (TPSA) is 60.8 Å². The quantitative estimate of drug-likeness (QED) is 0.709. The lowest BCUT2D eigenvalue weighted by molar-refractivity contribution is 0.288. The van der Waals surface area contributed by atoms with E-state index in [2.05, 4.69) is 15.0 Å². The van der Waals surface area contributed by atoms with Gasteiger partial charge in [0.1, 0.15) is 11.8 Å². The first-order chi connectivity index (χ1) is 12.3. The minimum absolute atomic E-state index is 0.387. The van der Waals surface area contributed by atoms with Gasteiger partial charge in [-0.15, -0.1) is 0 Å². The van der Waals surface area contributed by atoms with E-state index < -0.39 is 0 Å². The van der Waals surface area contributed by atoms with Gasteiger partial charge in [-0.2, -0.15) is 0 Å². The molecule has 0 unspecified atom stereocenters. The number of aromatic nitrogens is 4. The lowest BCUT2D eigenvalue weighted by atomic mass is 9.91. The van der Waals surface area contributed by atoms with E-state index in [1.165, 1.54) is 5.56 Å². The zero-order valence-electron chi connectivity index (χ0n) is 13.7. The molecule has 4 rings (SSSR count). The van der Waals surface area contributed by atoms with Crippen LogP contribution in [0.3, 0.4) is 0 Å². The maximum atomic E-state index is 5.90. The Bertz CT molecular complexity index is 869. The molecule has 1 aliphatic carbocycles. The summed E-state index contributed by atoms with van der Waals surface area (Å²) in [4.78, 5) is 17.6.